The Hall–Kier alpha value is -2.14. The van der Waals surface area contributed by atoms with Gasteiger partial charge in [0.05, 0.1) is 12.6 Å². The number of carbonyl (C=O) groups is 1. The molecule has 2 aliphatic rings. The van der Waals surface area contributed by atoms with Crippen molar-refractivity contribution in [2.75, 3.05) is 26.7 Å². The summed E-state index contributed by atoms with van der Waals surface area (Å²) in [5, 5.41) is 23.2. The van der Waals surface area contributed by atoms with Gasteiger partial charge in [0.2, 0.25) is 5.88 Å². The molecule has 0 spiro atoms. The van der Waals surface area contributed by atoms with E-state index in [2.05, 4.69) is 22.1 Å². The molecule has 0 unspecified atom stereocenters. The second kappa shape index (κ2) is 9.12. The van der Waals surface area contributed by atoms with Crippen LogP contribution in [0, 0.1) is 17.8 Å². The first-order valence-corrected chi connectivity index (χ1v) is 10.4. The van der Waals surface area contributed by atoms with Gasteiger partial charge in [-0.05, 0) is 45.7 Å². The molecule has 3 rings (SSSR count). The zero-order valence-corrected chi connectivity index (χ0v) is 17.4. The lowest BCUT2D eigenvalue weighted by molar-refractivity contribution is 0.0404. The molecule has 1 aliphatic heterocycles. The van der Waals surface area contributed by atoms with Crippen molar-refractivity contribution in [3.05, 3.63) is 23.4 Å². The average Bonchev–Trinajstić information content (AvgIpc) is 3.15. The Morgan fingerprint density at radius 2 is 2.17 bits per heavy atom. The number of rotatable bonds is 4. The molecule has 1 saturated carbocycles. The second-order valence-electron chi connectivity index (χ2n) is 8.25. The lowest BCUT2D eigenvalue weighted by Gasteiger charge is -2.36. The van der Waals surface area contributed by atoms with Gasteiger partial charge in [-0.25, -0.2) is 4.98 Å². The Bertz CT molecular complexity index is 795. The molecule has 1 aromatic rings. The van der Waals surface area contributed by atoms with E-state index in [9.17, 15) is 15.0 Å². The number of ether oxygens (including phenoxy) is 1. The molecule has 1 aromatic heterocycles. The fourth-order valence-corrected chi connectivity index (χ4v) is 3.89. The van der Waals surface area contributed by atoms with Gasteiger partial charge < -0.3 is 25.2 Å². The second-order valence-corrected chi connectivity index (χ2v) is 8.25. The molecule has 2 heterocycles. The number of aliphatic hydroxyl groups excluding tert-OH is 1. The van der Waals surface area contributed by atoms with E-state index in [4.69, 9.17) is 4.74 Å². The third kappa shape index (κ3) is 4.89. The summed E-state index contributed by atoms with van der Waals surface area (Å²) >= 11 is 0. The highest BCUT2D eigenvalue weighted by Crippen LogP contribution is 2.29. The number of aliphatic hydroxyl groups is 2. The van der Waals surface area contributed by atoms with E-state index in [-0.39, 0.29) is 36.5 Å². The lowest BCUT2D eigenvalue weighted by Crippen LogP contribution is -2.49. The van der Waals surface area contributed by atoms with E-state index in [1.165, 1.54) is 0 Å². The Morgan fingerprint density at radius 3 is 2.83 bits per heavy atom. The molecule has 7 heteroatoms. The molecule has 0 aromatic carbocycles. The van der Waals surface area contributed by atoms with Crippen molar-refractivity contribution in [1.29, 1.82) is 0 Å². The van der Waals surface area contributed by atoms with E-state index in [1.54, 1.807) is 17.2 Å². The van der Waals surface area contributed by atoms with Crippen LogP contribution >= 0.6 is 0 Å². The minimum Gasteiger partial charge on any atom is -0.472 e. The van der Waals surface area contributed by atoms with Crippen molar-refractivity contribution >= 4 is 5.91 Å². The van der Waals surface area contributed by atoms with Crippen molar-refractivity contribution in [3.8, 4) is 17.7 Å². The summed E-state index contributed by atoms with van der Waals surface area (Å²) in [5.74, 6) is 6.05. The van der Waals surface area contributed by atoms with Crippen LogP contribution in [-0.2, 0) is 0 Å². The molecule has 3 N–H and O–H groups in total. The van der Waals surface area contributed by atoms with Gasteiger partial charge in [-0.1, -0.05) is 18.8 Å². The van der Waals surface area contributed by atoms with Crippen molar-refractivity contribution in [2.45, 2.75) is 57.3 Å². The minimum absolute atomic E-state index is 0.0615. The monoisotopic (exact) mass is 401 g/mol. The Kier molecular flexibility index (Phi) is 6.78. The molecule has 29 heavy (non-hydrogen) atoms. The van der Waals surface area contributed by atoms with Crippen LogP contribution in [0.2, 0.25) is 0 Å². The molecule has 1 amide bonds. The third-order valence-electron chi connectivity index (χ3n) is 5.80. The highest BCUT2D eigenvalue weighted by atomic mass is 16.5. The fraction of sp³-hybridized carbons (Fsp3) is 0.636. The molecular formula is C22H31N3O4. The zero-order valence-electron chi connectivity index (χ0n) is 17.4. The predicted octanol–water partition coefficient (Wildman–Crippen LogP) is 1.18. The van der Waals surface area contributed by atoms with Gasteiger partial charge >= 0.3 is 0 Å². The predicted molar refractivity (Wildman–Crippen MR) is 110 cm³/mol. The van der Waals surface area contributed by atoms with Crippen LogP contribution in [0.15, 0.2) is 12.3 Å². The number of hydrogen-bond donors (Lipinski definition) is 3. The van der Waals surface area contributed by atoms with E-state index >= 15 is 0 Å². The molecular weight excluding hydrogens is 370 g/mol. The summed E-state index contributed by atoms with van der Waals surface area (Å²) < 4.78 is 6.09. The zero-order chi connectivity index (χ0) is 21.0. The summed E-state index contributed by atoms with van der Waals surface area (Å²) in [6.07, 6.45) is 4.71. The molecule has 0 bridgehead atoms. The maximum Gasteiger partial charge on any atom is 0.259 e. The molecule has 3 atom stereocenters. The standard InChI is InChI=1S/C22H31N3O4/c1-15-13-25(16(2)14-26)21(27)18-10-17(6-9-22(28)7-4-5-8-22)11-24-20(18)29-19(15)12-23-3/h10-11,15-16,19,23,26,28H,4-5,7-8,12-14H2,1-3H3/t15-,16+,19+/m0/s1. The molecule has 0 radical (unpaired) electrons. The van der Waals surface area contributed by atoms with Crippen molar-refractivity contribution in [2.24, 2.45) is 5.92 Å². The number of hydrogen-bond acceptors (Lipinski definition) is 6. The molecule has 158 valence electrons. The third-order valence-corrected chi connectivity index (χ3v) is 5.80. The number of nitrogens with zero attached hydrogens (tertiary/aromatic N) is 2. The topological polar surface area (TPSA) is 94.9 Å². The highest BCUT2D eigenvalue weighted by Gasteiger charge is 2.33. The summed E-state index contributed by atoms with van der Waals surface area (Å²) in [6, 6.07) is 1.36. The van der Waals surface area contributed by atoms with Gasteiger partial charge in [0.15, 0.2) is 0 Å². The number of likely N-dealkylation sites (N-methyl/N-ethyl adjacent to an activating group) is 1. The number of carbonyl (C=O) groups excluding carboxylic acids is 1. The number of amides is 1. The SMILES string of the molecule is CNC[C@H]1Oc2ncc(C#CC3(O)CCCC3)cc2C(=O)N([C@H](C)CO)C[C@@H]1C. The normalized spacial score (nSPS) is 24.6. The maximum atomic E-state index is 13.3. The number of aromatic nitrogens is 1. The summed E-state index contributed by atoms with van der Waals surface area (Å²) in [5.41, 5.74) is -0.0462. The first kappa shape index (κ1) is 21.6. The van der Waals surface area contributed by atoms with Gasteiger partial charge in [0.25, 0.3) is 5.91 Å². The lowest BCUT2D eigenvalue weighted by atomic mass is 10.00. The first-order chi connectivity index (χ1) is 13.9. The van der Waals surface area contributed by atoms with Crippen LogP contribution in [0.3, 0.4) is 0 Å². The van der Waals surface area contributed by atoms with Crippen molar-refractivity contribution in [3.63, 3.8) is 0 Å². The van der Waals surface area contributed by atoms with Crippen LogP contribution in [-0.4, -0.2) is 70.5 Å². The van der Waals surface area contributed by atoms with Crippen LogP contribution in [0.1, 0.15) is 55.5 Å². The summed E-state index contributed by atoms with van der Waals surface area (Å²) in [6.45, 7) is 4.83. The quantitative estimate of drug-likeness (QED) is 0.656. The Labute approximate surface area is 172 Å². The van der Waals surface area contributed by atoms with Crippen LogP contribution < -0.4 is 10.1 Å². The van der Waals surface area contributed by atoms with E-state index in [0.717, 1.165) is 12.8 Å². The minimum atomic E-state index is -0.949. The largest absolute Gasteiger partial charge is 0.472 e. The van der Waals surface area contributed by atoms with Crippen LogP contribution in [0.25, 0.3) is 0 Å². The fourth-order valence-electron chi connectivity index (χ4n) is 3.89. The highest BCUT2D eigenvalue weighted by molar-refractivity contribution is 5.97. The Balaban J connectivity index is 1.98. The van der Waals surface area contributed by atoms with Crippen LogP contribution in [0.5, 0.6) is 5.88 Å². The van der Waals surface area contributed by atoms with Crippen LogP contribution in [0.4, 0.5) is 0 Å². The van der Waals surface area contributed by atoms with E-state index in [1.807, 2.05) is 20.9 Å². The van der Waals surface area contributed by atoms with Crippen molar-refractivity contribution < 1.29 is 19.7 Å². The molecule has 0 saturated heterocycles. The molecule has 1 aliphatic carbocycles. The maximum absolute atomic E-state index is 13.3. The smallest absolute Gasteiger partial charge is 0.259 e. The van der Waals surface area contributed by atoms with Gasteiger partial charge in [-0.2, -0.15) is 0 Å². The van der Waals surface area contributed by atoms with E-state index < -0.39 is 5.60 Å². The summed E-state index contributed by atoms with van der Waals surface area (Å²) in [4.78, 5) is 19.3. The average molecular weight is 402 g/mol. The van der Waals surface area contributed by atoms with Gasteiger partial charge in [-0.3, -0.25) is 4.79 Å². The van der Waals surface area contributed by atoms with Crippen molar-refractivity contribution in [1.82, 2.24) is 15.2 Å². The number of fused-ring (bicyclic) bond motifs is 1. The first-order valence-electron chi connectivity index (χ1n) is 10.4. The van der Waals surface area contributed by atoms with Gasteiger partial charge in [0, 0.05) is 30.8 Å². The summed E-state index contributed by atoms with van der Waals surface area (Å²) in [7, 11) is 1.86. The van der Waals surface area contributed by atoms with E-state index in [0.29, 0.717) is 37.1 Å². The van der Waals surface area contributed by atoms with Gasteiger partial charge in [0.1, 0.15) is 17.3 Å². The molecule has 1 fully saturated rings. The number of pyridine rings is 1. The van der Waals surface area contributed by atoms with Gasteiger partial charge in [-0.15, -0.1) is 0 Å². The molecule has 7 nitrogen and oxygen atoms in total. The number of nitrogens with one attached hydrogen (secondary N) is 1. The Morgan fingerprint density at radius 1 is 1.45 bits per heavy atom.